The number of benzene rings is 3. The summed E-state index contributed by atoms with van der Waals surface area (Å²) in [7, 11) is 4.75. The first-order valence-electron chi connectivity index (χ1n) is 12.2. The summed E-state index contributed by atoms with van der Waals surface area (Å²) in [5, 5.41) is 2.87. The van der Waals surface area contributed by atoms with Crippen molar-refractivity contribution in [2.24, 2.45) is 0 Å². The molecule has 0 aliphatic carbocycles. The maximum Gasteiger partial charge on any atom is 0.334 e. The lowest BCUT2D eigenvalue weighted by Gasteiger charge is -2.21. The van der Waals surface area contributed by atoms with Gasteiger partial charge in [0.1, 0.15) is 11.9 Å². The first-order chi connectivity index (χ1) is 18.7. The van der Waals surface area contributed by atoms with Crippen LogP contribution in [0.4, 0.5) is 0 Å². The Hall–Kier alpha value is -3.74. The molecule has 0 bridgehead atoms. The molecule has 202 valence electrons. The van der Waals surface area contributed by atoms with Gasteiger partial charge in [0, 0.05) is 24.4 Å². The van der Waals surface area contributed by atoms with Crippen molar-refractivity contribution in [2.45, 2.75) is 26.4 Å². The van der Waals surface area contributed by atoms with E-state index in [0.29, 0.717) is 38.2 Å². The number of carbonyl (C=O) groups is 1. The Morgan fingerprint density at radius 2 is 1.49 bits per heavy atom. The van der Waals surface area contributed by atoms with Crippen molar-refractivity contribution >= 4 is 45.5 Å². The van der Waals surface area contributed by atoms with Gasteiger partial charge in [0.25, 0.3) is 0 Å². The summed E-state index contributed by atoms with van der Waals surface area (Å²) in [6.07, 6.45) is 2.56. The smallest absolute Gasteiger partial charge is 0.334 e. The van der Waals surface area contributed by atoms with E-state index >= 15 is 0 Å². The minimum Gasteiger partial charge on any atom is -0.497 e. The number of rotatable bonds is 9. The number of halogens is 2. The minimum atomic E-state index is -0.707. The first kappa shape index (κ1) is 28.3. The monoisotopic (exact) mass is 565 g/mol. The van der Waals surface area contributed by atoms with Crippen molar-refractivity contribution in [3.63, 3.8) is 0 Å². The maximum atomic E-state index is 13.5. The molecular weight excluding hydrogens is 537 g/mol. The molecule has 4 aromatic rings. The molecule has 1 aromatic heterocycles. The molecule has 0 amide bonds. The molecule has 0 saturated heterocycles. The number of hydrogen-bond donors (Lipinski definition) is 0. The second-order valence-electron chi connectivity index (χ2n) is 8.97. The largest absolute Gasteiger partial charge is 0.497 e. The van der Waals surface area contributed by atoms with Crippen molar-refractivity contribution in [1.82, 2.24) is 4.98 Å². The Morgan fingerprint density at radius 3 is 2.15 bits per heavy atom. The molecule has 0 N–H and O–H groups in total. The van der Waals surface area contributed by atoms with E-state index in [1.165, 1.54) is 12.4 Å². The highest BCUT2D eigenvalue weighted by atomic mass is 35.5. The fraction of sp³-hybridized carbons (Fsp3) is 0.226. The zero-order chi connectivity index (χ0) is 28.1. The van der Waals surface area contributed by atoms with Crippen LogP contribution in [0.1, 0.15) is 36.6 Å². The van der Waals surface area contributed by atoms with Gasteiger partial charge in [-0.05, 0) is 77.2 Å². The van der Waals surface area contributed by atoms with E-state index in [4.69, 9.17) is 42.1 Å². The number of fused-ring (bicyclic) bond motifs is 1. The summed E-state index contributed by atoms with van der Waals surface area (Å²) in [6.45, 7) is 3.66. The fourth-order valence-electron chi connectivity index (χ4n) is 4.27. The molecule has 0 aliphatic rings. The van der Waals surface area contributed by atoms with Crippen LogP contribution < -0.4 is 14.2 Å². The van der Waals surface area contributed by atoms with Gasteiger partial charge in [0.2, 0.25) is 0 Å². The molecule has 4 rings (SSSR count). The zero-order valence-electron chi connectivity index (χ0n) is 22.4. The van der Waals surface area contributed by atoms with Gasteiger partial charge >= 0.3 is 5.97 Å². The summed E-state index contributed by atoms with van der Waals surface area (Å²) in [5.41, 5.74) is 3.55. The van der Waals surface area contributed by atoms with Crippen LogP contribution in [0.2, 0.25) is 10.0 Å². The van der Waals surface area contributed by atoms with E-state index in [9.17, 15) is 4.79 Å². The molecule has 3 aromatic carbocycles. The normalized spacial score (nSPS) is 12.5. The molecule has 1 atom stereocenters. The summed E-state index contributed by atoms with van der Waals surface area (Å²) < 4.78 is 22.3. The van der Waals surface area contributed by atoms with Crippen LogP contribution in [0.25, 0.3) is 16.3 Å². The highest BCUT2D eigenvalue weighted by Gasteiger charge is 2.24. The van der Waals surface area contributed by atoms with E-state index < -0.39 is 12.1 Å². The van der Waals surface area contributed by atoms with Gasteiger partial charge in [-0.25, -0.2) is 4.79 Å². The van der Waals surface area contributed by atoms with Crippen molar-refractivity contribution in [3.05, 3.63) is 99.3 Å². The van der Waals surface area contributed by atoms with Crippen LogP contribution in [-0.4, -0.2) is 32.3 Å². The summed E-state index contributed by atoms with van der Waals surface area (Å²) in [5.74, 6) is 1.41. The third-order valence-electron chi connectivity index (χ3n) is 6.72. The van der Waals surface area contributed by atoms with Gasteiger partial charge in [-0.15, -0.1) is 0 Å². The Bertz CT molecular complexity index is 1530. The van der Waals surface area contributed by atoms with E-state index in [-0.39, 0.29) is 6.42 Å². The van der Waals surface area contributed by atoms with E-state index in [0.717, 1.165) is 27.7 Å². The van der Waals surface area contributed by atoms with Gasteiger partial charge < -0.3 is 18.9 Å². The predicted octanol–water partition coefficient (Wildman–Crippen LogP) is 7.89. The second kappa shape index (κ2) is 12.4. The van der Waals surface area contributed by atoms with Gasteiger partial charge in [-0.2, -0.15) is 0 Å². The summed E-state index contributed by atoms with van der Waals surface area (Å²) in [4.78, 5) is 17.5. The Balaban J connectivity index is 1.68. The number of pyridine rings is 1. The average Bonchev–Trinajstić information content (AvgIpc) is 2.96. The topological polar surface area (TPSA) is 66.9 Å². The Morgan fingerprint density at radius 1 is 0.821 bits per heavy atom. The molecule has 0 spiro atoms. The van der Waals surface area contributed by atoms with Crippen molar-refractivity contribution < 1.29 is 23.7 Å². The number of methoxy groups -OCH3 is 3. The summed E-state index contributed by atoms with van der Waals surface area (Å²) in [6, 6.07) is 17.3. The van der Waals surface area contributed by atoms with Crippen molar-refractivity contribution in [2.75, 3.05) is 21.3 Å². The molecule has 6 nitrogen and oxygen atoms in total. The molecule has 1 unspecified atom stereocenters. The number of ether oxygens (including phenoxy) is 4. The summed E-state index contributed by atoms with van der Waals surface area (Å²) >= 11 is 12.8. The molecular formula is C31H29Cl2NO5. The number of esters is 1. The SMILES string of the molecule is COc1ccc2cc(/C(C)=C(\C)C(=O)OC(Cc3c(Cl)cncc3Cl)c3ccc(OC)c(OC)c3)ccc2c1. The quantitative estimate of drug-likeness (QED) is 0.152. The van der Waals surface area contributed by atoms with E-state index in [1.54, 1.807) is 40.4 Å². The molecule has 0 aliphatic heterocycles. The van der Waals surface area contributed by atoms with Crippen molar-refractivity contribution in [1.29, 1.82) is 0 Å². The maximum absolute atomic E-state index is 13.5. The van der Waals surface area contributed by atoms with Crippen LogP contribution >= 0.6 is 23.2 Å². The van der Waals surface area contributed by atoms with Crippen LogP contribution in [0.15, 0.2) is 72.6 Å². The zero-order valence-corrected chi connectivity index (χ0v) is 23.9. The number of hydrogen-bond acceptors (Lipinski definition) is 6. The number of allylic oxidation sites excluding steroid dienone is 1. The van der Waals surface area contributed by atoms with Gasteiger partial charge in [-0.3, -0.25) is 4.98 Å². The number of aromatic nitrogens is 1. The predicted molar refractivity (Wildman–Crippen MR) is 155 cm³/mol. The van der Waals surface area contributed by atoms with Gasteiger partial charge in [0.15, 0.2) is 11.5 Å². The number of carbonyl (C=O) groups excluding carboxylic acids is 1. The Labute approximate surface area is 238 Å². The molecule has 8 heteroatoms. The number of nitrogens with zero attached hydrogens (tertiary/aromatic N) is 1. The molecule has 39 heavy (non-hydrogen) atoms. The average molecular weight is 566 g/mol. The lowest BCUT2D eigenvalue weighted by Crippen LogP contribution is -2.16. The third kappa shape index (κ3) is 6.29. The fourth-order valence-corrected chi connectivity index (χ4v) is 4.79. The third-order valence-corrected chi connectivity index (χ3v) is 7.37. The highest BCUT2D eigenvalue weighted by Crippen LogP contribution is 2.36. The van der Waals surface area contributed by atoms with Crippen LogP contribution in [-0.2, 0) is 16.0 Å². The first-order valence-corrected chi connectivity index (χ1v) is 13.0. The van der Waals surface area contributed by atoms with E-state index in [1.807, 2.05) is 49.4 Å². The van der Waals surface area contributed by atoms with E-state index in [2.05, 4.69) is 4.98 Å². The minimum absolute atomic E-state index is 0.242. The highest BCUT2D eigenvalue weighted by molar-refractivity contribution is 6.35. The Kier molecular flexibility index (Phi) is 9.00. The standard InChI is InChI=1S/C31H29Cl2NO5/c1-18(20-6-7-22-13-24(36-3)10-8-21(22)12-20)19(2)31(35)39-29(15-25-26(32)16-34-17-27(25)33)23-9-11-28(37-4)30(14-23)38-5/h6-14,16-17,29H,15H2,1-5H3/b19-18+. The molecule has 1 heterocycles. The van der Waals surface area contributed by atoms with Crippen molar-refractivity contribution in [3.8, 4) is 17.2 Å². The van der Waals surface area contributed by atoms with Gasteiger partial charge in [-0.1, -0.05) is 47.5 Å². The van der Waals surface area contributed by atoms with Gasteiger partial charge in [0.05, 0.1) is 31.4 Å². The van der Waals surface area contributed by atoms with Crippen LogP contribution in [0.3, 0.4) is 0 Å². The molecule has 0 radical (unpaired) electrons. The lowest BCUT2D eigenvalue weighted by atomic mass is 9.98. The van der Waals surface area contributed by atoms with Crippen LogP contribution in [0.5, 0.6) is 17.2 Å². The second-order valence-corrected chi connectivity index (χ2v) is 9.79. The lowest BCUT2D eigenvalue weighted by molar-refractivity contribution is -0.144. The molecule has 0 saturated carbocycles. The molecule has 0 fully saturated rings. The van der Waals surface area contributed by atoms with Crippen LogP contribution in [0, 0.1) is 0 Å².